The number of benzene rings is 2. The van der Waals surface area contributed by atoms with Crippen LogP contribution in [0, 0.1) is 19.7 Å². The summed E-state index contributed by atoms with van der Waals surface area (Å²) in [6.07, 6.45) is 0. The first-order valence-corrected chi connectivity index (χ1v) is 8.02. The third-order valence-electron chi connectivity index (χ3n) is 4.11. The standard InChI is InChI=1S/C20H18FNO4/c1-12-4-5-15(10-18(12)24-3)20(23)25-11-17-13(2)19(26-22-17)14-6-8-16(21)9-7-14/h4-10H,11H2,1-3H3. The highest BCUT2D eigenvalue weighted by molar-refractivity contribution is 5.90. The Bertz CT molecular complexity index is 931. The van der Waals surface area contributed by atoms with Gasteiger partial charge in [0, 0.05) is 11.1 Å². The fourth-order valence-corrected chi connectivity index (χ4v) is 2.54. The van der Waals surface area contributed by atoms with Crippen LogP contribution < -0.4 is 4.74 Å². The van der Waals surface area contributed by atoms with Gasteiger partial charge in [-0.25, -0.2) is 9.18 Å². The quantitative estimate of drug-likeness (QED) is 0.632. The van der Waals surface area contributed by atoms with E-state index in [1.165, 1.54) is 12.1 Å². The lowest BCUT2D eigenvalue weighted by Gasteiger charge is -2.07. The number of aromatic nitrogens is 1. The number of methoxy groups -OCH3 is 1. The normalized spacial score (nSPS) is 10.6. The molecule has 0 fully saturated rings. The monoisotopic (exact) mass is 355 g/mol. The molecule has 3 rings (SSSR count). The molecule has 0 saturated carbocycles. The van der Waals surface area contributed by atoms with Crippen LogP contribution in [0.25, 0.3) is 11.3 Å². The van der Waals surface area contributed by atoms with Gasteiger partial charge >= 0.3 is 5.97 Å². The maximum Gasteiger partial charge on any atom is 0.338 e. The van der Waals surface area contributed by atoms with Gasteiger partial charge in [0.15, 0.2) is 5.76 Å². The van der Waals surface area contributed by atoms with Crippen LogP contribution in [-0.4, -0.2) is 18.2 Å². The van der Waals surface area contributed by atoms with E-state index < -0.39 is 5.97 Å². The molecule has 0 N–H and O–H groups in total. The van der Waals surface area contributed by atoms with Crippen molar-refractivity contribution in [2.45, 2.75) is 20.5 Å². The highest BCUT2D eigenvalue weighted by atomic mass is 19.1. The van der Waals surface area contributed by atoms with Crippen molar-refractivity contribution >= 4 is 5.97 Å². The van der Waals surface area contributed by atoms with Gasteiger partial charge in [-0.3, -0.25) is 0 Å². The Morgan fingerprint density at radius 3 is 2.58 bits per heavy atom. The minimum atomic E-state index is -0.478. The third kappa shape index (κ3) is 3.59. The molecule has 6 heteroatoms. The lowest BCUT2D eigenvalue weighted by molar-refractivity contribution is 0.0463. The average molecular weight is 355 g/mol. The second-order valence-corrected chi connectivity index (χ2v) is 5.85. The SMILES string of the molecule is COc1cc(C(=O)OCc2noc(-c3ccc(F)cc3)c2C)ccc1C. The zero-order chi connectivity index (χ0) is 18.7. The van der Waals surface area contributed by atoms with E-state index in [1.807, 2.05) is 13.8 Å². The van der Waals surface area contributed by atoms with Crippen molar-refractivity contribution in [1.29, 1.82) is 0 Å². The van der Waals surface area contributed by atoms with Gasteiger partial charge in [-0.15, -0.1) is 0 Å². The van der Waals surface area contributed by atoms with Gasteiger partial charge in [0.05, 0.1) is 12.7 Å². The summed E-state index contributed by atoms with van der Waals surface area (Å²) in [7, 11) is 1.55. The fourth-order valence-electron chi connectivity index (χ4n) is 2.54. The van der Waals surface area contributed by atoms with Gasteiger partial charge in [-0.1, -0.05) is 11.2 Å². The molecule has 0 bridgehead atoms. The number of carbonyl (C=O) groups is 1. The molecule has 0 spiro atoms. The molecule has 0 unspecified atom stereocenters. The Labute approximate surface area is 150 Å². The molecule has 134 valence electrons. The molecule has 1 heterocycles. The number of halogens is 1. The molecule has 1 aromatic heterocycles. The third-order valence-corrected chi connectivity index (χ3v) is 4.11. The Morgan fingerprint density at radius 2 is 1.88 bits per heavy atom. The lowest BCUT2D eigenvalue weighted by Crippen LogP contribution is -2.06. The van der Waals surface area contributed by atoms with Crippen LogP contribution in [0.1, 0.15) is 27.2 Å². The summed E-state index contributed by atoms with van der Waals surface area (Å²) < 4.78 is 28.9. The Morgan fingerprint density at radius 1 is 1.15 bits per heavy atom. The summed E-state index contributed by atoms with van der Waals surface area (Å²) in [4.78, 5) is 12.2. The summed E-state index contributed by atoms with van der Waals surface area (Å²) in [5.41, 5.74) is 3.28. The minimum absolute atomic E-state index is 0.0223. The van der Waals surface area contributed by atoms with E-state index in [4.69, 9.17) is 14.0 Å². The molecule has 0 aliphatic heterocycles. The number of rotatable bonds is 5. The summed E-state index contributed by atoms with van der Waals surface area (Å²) in [6, 6.07) is 11.0. The molecule has 0 atom stereocenters. The van der Waals surface area contributed by atoms with Crippen LogP contribution in [-0.2, 0) is 11.3 Å². The van der Waals surface area contributed by atoms with Crippen molar-refractivity contribution in [1.82, 2.24) is 5.16 Å². The molecule has 0 saturated heterocycles. The number of hydrogen-bond donors (Lipinski definition) is 0. The van der Waals surface area contributed by atoms with Crippen LogP contribution in [0.15, 0.2) is 47.0 Å². The van der Waals surface area contributed by atoms with Crippen LogP contribution in [0.3, 0.4) is 0 Å². The van der Waals surface area contributed by atoms with E-state index in [9.17, 15) is 9.18 Å². The smallest absolute Gasteiger partial charge is 0.338 e. The molecule has 0 radical (unpaired) electrons. The van der Waals surface area contributed by atoms with Gasteiger partial charge in [0.1, 0.15) is 23.9 Å². The van der Waals surface area contributed by atoms with Crippen molar-refractivity contribution in [3.63, 3.8) is 0 Å². The van der Waals surface area contributed by atoms with Gasteiger partial charge < -0.3 is 14.0 Å². The van der Waals surface area contributed by atoms with Crippen molar-refractivity contribution < 1.29 is 23.2 Å². The largest absolute Gasteiger partial charge is 0.496 e. The van der Waals surface area contributed by atoms with Crippen molar-refractivity contribution in [3.05, 3.63) is 70.7 Å². The average Bonchev–Trinajstić information content (AvgIpc) is 3.01. The van der Waals surface area contributed by atoms with E-state index in [2.05, 4.69) is 5.16 Å². The summed E-state index contributed by atoms with van der Waals surface area (Å²) >= 11 is 0. The molecule has 26 heavy (non-hydrogen) atoms. The first-order valence-electron chi connectivity index (χ1n) is 8.02. The number of carbonyl (C=O) groups excluding carboxylic acids is 1. The van der Waals surface area contributed by atoms with Crippen LogP contribution >= 0.6 is 0 Å². The second-order valence-electron chi connectivity index (χ2n) is 5.85. The van der Waals surface area contributed by atoms with E-state index in [-0.39, 0.29) is 12.4 Å². The zero-order valence-corrected chi connectivity index (χ0v) is 14.7. The molecular weight excluding hydrogens is 337 g/mol. The number of esters is 1. The van der Waals surface area contributed by atoms with Gasteiger partial charge in [0.2, 0.25) is 0 Å². The second kappa shape index (κ2) is 7.39. The van der Waals surface area contributed by atoms with E-state index in [0.29, 0.717) is 28.3 Å². The highest BCUT2D eigenvalue weighted by Crippen LogP contribution is 2.26. The number of aryl methyl sites for hydroxylation is 1. The molecule has 0 aliphatic rings. The molecule has 3 aromatic rings. The van der Waals surface area contributed by atoms with E-state index in [1.54, 1.807) is 37.4 Å². The van der Waals surface area contributed by atoms with Crippen molar-refractivity contribution in [2.24, 2.45) is 0 Å². The molecule has 5 nitrogen and oxygen atoms in total. The van der Waals surface area contributed by atoms with Gasteiger partial charge in [-0.2, -0.15) is 0 Å². The predicted octanol–water partition coefficient (Wildman–Crippen LogP) is 4.46. The molecule has 0 aliphatic carbocycles. The summed E-state index contributed by atoms with van der Waals surface area (Å²) in [5.74, 6) is 0.339. The Balaban J connectivity index is 1.72. The van der Waals surface area contributed by atoms with E-state index in [0.717, 1.165) is 11.1 Å². The zero-order valence-electron chi connectivity index (χ0n) is 14.7. The topological polar surface area (TPSA) is 61.6 Å². The van der Waals surface area contributed by atoms with Crippen LogP contribution in [0.4, 0.5) is 4.39 Å². The highest BCUT2D eigenvalue weighted by Gasteiger charge is 2.16. The van der Waals surface area contributed by atoms with Crippen LogP contribution in [0.5, 0.6) is 5.75 Å². The minimum Gasteiger partial charge on any atom is -0.496 e. The van der Waals surface area contributed by atoms with E-state index >= 15 is 0 Å². The summed E-state index contributed by atoms with van der Waals surface area (Å²) in [5, 5.41) is 3.96. The number of ether oxygens (including phenoxy) is 2. The van der Waals surface area contributed by atoms with Crippen molar-refractivity contribution in [2.75, 3.05) is 7.11 Å². The first-order chi connectivity index (χ1) is 12.5. The van der Waals surface area contributed by atoms with Crippen LogP contribution in [0.2, 0.25) is 0 Å². The Hall–Kier alpha value is -3.15. The molecule has 2 aromatic carbocycles. The van der Waals surface area contributed by atoms with Gasteiger partial charge in [-0.05, 0) is 55.8 Å². The number of nitrogens with zero attached hydrogens (tertiary/aromatic N) is 1. The lowest BCUT2D eigenvalue weighted by atomic mass is 10.1. The maximum absolute atomic E-state index is 13.0. The van der Waals surface area contributed by atoms with Gasteiger partial charge in [0.25, 0.3) is 0 Å². The Kier molecular flexibility index (Phi) is 5.02. The molecular formula is C20H18FNO4. The van der Waals surface area contributed by atoms with Crippen molar-refractivity contribution in [3.8, 4) is 17.1 Å². The first kappa shape index (κ1) is 17.7. The summed E-state index contributed by atoms with van der Waals surface area (Å²) in [6.45, 7) is 3.68. The fraction of sp³-hybridized carbons (Fsp3) is 0.200. The molecule has 0 amide bonds. The number of hydrogen-bond acceptors (Lipinski definition) is 5. The predicted molar refractivity (Wildman–Crippen MR) is 93.5 cm³/mol. The maximum atomic E-state index is 13.0.